The van der Waals surface area contributed by atoms with Gasteiger partial charge in [-0.15, -0.1) is 12.4 Å². The number of carbonyl (C=O) groups excluding carboxylic acids is 2. The lowest BCUT2D eigenvalue weighted by Gasteiger charge is -2.35. The predicted octanol–water partition coefficient (Wildman–Crippen LogP) is 2.84. The zero-order valence-electron chi connectivity index (χ0n) is 13.1. The third-order valence-corrected chi connectivity index (χ3v) is 4.30. The van der Waals surface area contributed by atoms with E-state index in [9.17, 15) is 9.59 Å². The number of amides is 3. The summed E-state index contributed by atoms with van der Waals surface area (Å²) in [5, 5.41) is 5.36. The smallest absolute Gasteiger partial charge is 0.316 e. The molecule has 1 fully saturated rings. The molecule has 1 aromatic rings. The minimum absolute atomic E-state index is 0. The van der Waals surface area contributed by atoms with Gasteiger partial charge in [-0.2, -0.15) is 0 Å². The van der Waals surface area contributed by atoms with Gasteiger partial charge in [-0.25, -0.2) is 4.79 Å². The van der Waals surface area contributed by atoms with Gasteiger partial charge in [0.05, 0.1) is 0 Å². The van der Waals surface area contributed by atoms with Gasteiger partial charge in [0.2, 0.25) is 5.91 Å². The van der Waals surface area contributed by atoms with Crippen LogP contribution in [0.4, 0.5) is 16.2 Å². The SMILES string of the molecule is Cl.NCC1(CC(=O)Nc2cccc(NC(N)=O)c2)CCCCC1. The Kier molecular flexibility index (Phi) is 7.32. The molecule has 0 aromatic heterocycles. The molecule has 0 aliphatic heterocycles. The number of halogens is 1. The van der Waals surface area contributed by atoms with Gasteiger partial charge in [0.15, 0.2) is 0 Å². The molecule has 0 bridgehead atoms. The maximum atomic E-state index is 12.3. The Morgan fingerprint density at radius 3 is 2.26 bits per heavy atom. The van der Waals surface area contributed by atoms with E-state index in [-0.39, 0.29) is 23.7 Å². The van der Waals surface area contributed by atoms with Crippen LogP contribution in [0.25, 0.3) is 0 Å². The highest BCUT2D eigenvalue weighted by atomic mass is 35.5. The number of hydrogen-bond acceptors (Lipinski definition) is 3. The van der Waals surface area contributed by atoms with Crippen LogP contribution >= 0.6 is 12.4 Å². The van der Waals surface area contributed by atoms with Gasteiger partial charge in [-0.05, 0) is 43.0 Å². The van der Waals surface area contributed by atoms with Crippen LogP contribution in [-0.4, -0.2) is 18.5 Å². The first-order chi connectivity index (χ1) is 10.5. The lowest BCUT2D eigenvalue weighted by Crippen LogP contribution is -2.36. The first-order valence-corrected chi connectivity index (χ1v) is 7.69. The summed E-state index contributed by atoms with van der Waals surface area (Å²) in [6, 6.07) is 6.29. The van der Waals surface area contributed by atoms with Crippen molar-refractivity contribution in [2.45, 2.75) is 38.5 Å². The summed E-state index contributed by atoms with van der Waals surface area (Å²) >= 11 is 0. The molecule has 0 unspecified atom stereocenters. The Morgan fingerprint density at radius 1 is 1.09 bits per heavy atom. The van der Waals surface area contributed by atoms with Gasteiger partial charge in [0.1, 0.15) is 0 Å². The quantitative estimate of drug-likeness (QED) is 0.661. The minimum atomic E-state index is -0.632. The molecule has 0 heterocycles. The number of benzene rings is 1. The summed E-state index contributed by atoms with van der Waals surface area (Å²) < 4.78 is 0. The van der Waals surface area contributed by atoms with Crippen LogP contribution in [0, 0.1) is 5.41 Å². The van der Waals surface area contributed by atoms with Gasteiger partial charge in [-0.3, -0.25) is 4.79 Å². The molecule has 128 valence electrons. The van der Waals surface area contributed by atoms with Crippen LogP contribution in [0.1, 0.15) is 38.5 Å². The number of hydrogen-bond donors (Lipinski definition) is 4. The summed E-state index contributed by atoms with van der Waals surface area (Å²) in [5.74, 6) is -0.0384. The zero-order valence-corrected chi connectivity index (χ0v) is 14.0. The number of rotatable bonds is 5. The monoisotopic (exact) mass is 340 g/mol. The topological polar surface area (TPSA) is 110 Å². The van der Waals surface area contributed by atoms with Gasteiger partial charge in [0.25, 0.3) is 0 Å². The molecular weight excluding hydrogens is 316 g/mol. The molecule has 7 heteroatoms. The van der Waals surface area contributed by atoms with Crippen LogP contribution in [0.3, 0.4) is 0 Å². The molecule has 0 saturated heterocycles. The van der Waals surface area contributed by atoms with E-state index in [1.165, 1.54) is 6.42 Å². The highest BCUT2D eigenvalue weighted by Crippen LogP contribution is 2.38. The number of urea groups is 1. The van der Waals surface area contributed by atoms with Crippen molar-refractivity contribution in [1.82, 2.24) is 0 Å². The molecule has 6 N–H and O–H groups in total. The standard InChI is InChI=1S/C16H24N4O2.ClH/c17-11-16(7-2-1-3-8-16)10-14(21)19-12-5-4-6-13(9-12)20-15(18)22;/h4-6,9H,1-3,7-8,10-11,17H2,(H,19,21)(H3,18,20,22);1H. The summed E-state index contributed by atoms with van der Waals surface area (Å²) in [4.78, 5) is 23.2. The van der Waals surface area contributed by atoms with E-state index >= 15 is 0 Å². The van der Waals surface area contributed by atoms with E-state index < -0.39 is 6.03 Å². The number of nitrogens with one attached hydrogen (secondary N) is 2. The second kappa shape index (κ2) is 8.74. The van der Waals surface area contributed by atoms with E-state index in [4.69, 9.17) is 11.5 Å². The fourth-order valence-electron chi connectivity index (χ4n) is 3.12. The third kappa shape index (κ3) is 5.73. The number of nitrogens with two attached hydrogens (primary N) is 2. The van der Waals surface area contributed by atoms with E-state index in [1.54, 1.807) is 24.3 Å². The van der Waals surface area contributed by atoms with E-state index in [2.05, 4.69) is 10.6 Å². The number of primary amides is 1. The fraction of sp³-hybridized carbons (Fsp3) is 0.500. The Balaban J connectivity index is 0.00000264. The molecule has 23 heavy (non-hydrogen) atoms. The average molecular weight is 341 g/mol. The van der Waals surface area contributed by atoms with Crippen molar-refractivity contribution in [2.75, 3.05) is 17.2 Å². The van der Waals surface area contributed by atoms with Gasteiger partial charge in [-0.1, -0.05) is 25.3 Å². The largest absolute Gasteiger partial charge is 0.351 e. The summed E-state index contributed by atoms with van der Waals surface area (Å²) in [7, 11) is 0. The molecule has 6 nitrogen and oxygen atoms in total. The van der Waals surface area contributed by atoms with E-state index in [0.29, 0.717) is 24.3 Å². The van der Waals surface area contributed by atoms with Crippen molar-refractivity contribution < 1.29 is 9.59 Å². The minimum Gasteiger partial charge on any atom is -0.351 e. The average Bonchev–Trinajstić information content (AvgIpc) is 2.47. The third-order valence-electron chi connectivity index (χ3n) is 4.30. The molecule has 1 saturated carbocycles. The Hall–Kier alpha value is -1.79. The first-order valence-electron chi connectivity index (χ1n) is 7.69. The normalized spacial score (nSPS) is 16.0. The van der Waals surface area contributed by atoms with Crippen molar-refractivity contribution in [1.29, 1.82) is 0 Å². The van der Waals surface area contributed by atoms with Crippen molar-refractivity contribution in [3.8, 4) is 0 Å². The molecule has 3 amide bonds. The maximum Gasteiger partial charge on any atom is 0.316 e. The molecule has 0 spiro atoms. The van der Waals surface area contributed by atoms with E-state index in [0.717, 1.165) is 25.7 Å². The molecule has 0 atom stereocenters. The molecule has 0 radical (unpaired) electrons. The Morgan fingerprint density at radius 2 is 1.70 bits per heavy atom. The van der Waals surface area contributed by atoms with Crippen LogP contribution in [-0.2, 0) is 4.79 Å². The van der Waals surface area contributed by atoms with Crippen molar-refractivity contribution in [3.63, 3.8) is 0 Å². The van der Waals surface area contributed by atoms with Crippen LogP contribution < -0.4 is 22.1 Å². The van der Waals surface area contributed by atoms with Crippen molar-refractivity contribution in [3.05, 3.63) is 24.3 Å². The highest BCUT2D eigenvalue weighted by molar-refractivity contribution is 5.93. The Bertz CT molecular complexity index is 545. The molecule has 1 aromatic carbocycles. The lowest BCUT2D eigenvalue weighted by atomic mass is 9.71. The second-order valence-corrected chi connectivity index (χ2v) is 6.06. The fourth-order valence-corrected chi connectivity index (χ4v) is 3.12. The summed E-state index contributed by atoms with van der Waals surface area (Å²) in [6.45, 7) is 0.545. The van der Waals surface area contributed by atoms with Crippen LogP contribution in [0.15, 0.2) is 24.3 Å². The predicted molar refractivity (Wildman–Crippen MR) is 94.7 cm³/mol. The van der Waals surface area contributed by atoms with Crippen LogP contribution in [0.5, 0.6) is 0 Å². The maximum absolute atomic E-state index is 12.3. The summed E-state index contributed by atoms with van der Waals surface area (Å²) in [6.07, 6.45) is 5.98. The Labute approximate surface area is 142 Å². The van der Waals surface area contributed by atoms with Gasteiger partial charge < -0.3 is 22.1 Å². The molecule has 1 aliphatic rings. The summed E-state index contributed by atoms with van der Waals surface area (Å²) in [5.41, 5.74) is 12.1. The lowest BCUT2D eigenvalue weighted by molar-refractivity contribution is -0.118. The van der Waals surface area contributed by atoms with Gasteiger partial charge >= 0.3 is 6.03 Å². The first kappa shape index (κ1) is 19.3. The number of anilines is 2. The highest BCUT2D eigenvalue weighted by Gasteiger charge is 2.32. The molecule has 1 aliphatic carbocycles. The van der Waals surface area contributed by atoms with Crippen molar-refractivity contribution >= 4 is 35.7 Å². The molecular formula is C16H25ClN4O2. The second-order valence-electron chi connectivity index (χ2n) is 6.06. The number of carbonyl (C=O) groups is 2. The van der Waals surface area contributed by atoms with Crippen molar-refractivity contribution in [2.24, 2.45) is 16.9 Å². The van der Waals surface area contributed by atoms with Gasteiger partial charge in [0, 0.05) is 17.8 Å². The van der Waals surface area contributed by atoms with Crippen LogP contribution in [0.2, 0.25) is 0 Å². The van der Waals surface area contributed by atoms with E-state index in [1.807, 2.05) is 0 Å². The molecule has 2 rings (SSSR count). The zero-order chi connectivity index (χ0) is 16.0.